The summed E-state index contributed by atoms with van der Waals surface area (Å²) in [4.78, 5) is 0. The van der Waals surface area contributed by atoms with E-state index in [2.05, 4.69) is 5.16 Å². The molecule has 0 bridgehead atoms. The molecular formula is C7H7NO3. The maximum Gasteiger partial charge on any atom is 0.128 e. The normalized spacial score (nSPS) is 10.5. The van der Waals surface area contributed by atoms with Crippen molar-refractivity contribution in [1.82, 2.24) is 0 Å². The number of phenols is 2. The zero-order chi connectivity index (χ0) is 8.27. The topological polar surface area (TPSA) is 73.1 Å². The smallest absolute Gasteiger partial charge is 0.128 e. The lowest BCUT2D eigenvalue weighted by Crippen LogP contribution is -1.82. The third-order valence-electron chi connectivity index (χ3n) is 1.25. The van der Waals surface area contributed by atoms with Crippen molar-refractivity contribution >= 4 is 6.21 Å². The highest BCUT2D eigenvalue weighted by Crippen LogP contribution is 2.23. The molecule has 0 aromatic heterocycles. The van der Waals surface area contributed by atoms with Gasteiger partial charge in [0.1, 0.15) is 11.5 Å². The van der Waals surface area contributed by atoms with E-state index in [0.29, 0.717) is 0 Å². The zero-order valence-electron chi connectivity index (χ0n) is 5.60. The molecular weight excluding hydrogens is 146 g/mol. The average molecular weight is 153 g/mol. The highest BCUT2D eigenvalue weighted by molar-refractivity contribution is 5.86. The Morgan fingerprint density at radius 1 is 1.18 bits per heavy atom. The van der Waals surface area contributed by atoms with Crippen molar-refractivity contribution in [2.24, 2.45) is 5.16 Å². The molecule has 0 saturated heterocycles. The van der Waals surface area contributed by atoms with Crippen molar-refractivity contribution in [3.63, 3.8) is 0 Å². The fourth-order valence-corrected chi connectivity index (χ4v) is 0.731. The molecule has 0 unspecified atom stereocenters. The van der Waals surface area contributed by atoms with Crippen LogP contribution >= 0.6 is 0 Å². The molecule has 0 atom stereocenters. The van der Waals surface area contributed by atoms with Crippen molar-refractivity contribution in [2.45, 2.75) is 0 Å². The molecule has 0 aliphatic rings. The molecule has 0 aliphatic carbocycles. The van der Waals surface area contributed by atoms with E-state index in [1.807, 2.05) is 0 Å². The molecule has 1 aromatic carbocycles. The molecule has 11 heavy (non-hydrogen) atoms. The molecule has 1 aromatic rings. The SMILES string of the molecule is O/N=C/c1c(O)cccc1O. The Balaban J connectivity index is 3.20. The van der Waals surface area contributed by atoms with E-state index in [4.69, 9.17) is 15.4 Å². The monoisotopic (exact) mass is 153 g/mol. The third kappa shape index (κ3) is 1.40. The zero-order valence-corrected chi connectivity index (χ0v) is 5.60. The Morgan fingerprint density at radius 2 is 1.73 bits per heavy atom. The van der Waals surface area contributed by atoms with Crippen LogP contribution in [-0.2, 0) is 0 Å². The van der Waals surface area contributed by atoms with Crippen LogP contribution in [0.4, 0.5) is 0 Å². The van der Waals surface area contributed by atoms with Crippen LogP contribution in [0.3, 0.4) is 0 Å². The van der Waals surface area contributed by atoms with E-state index in [9.17, 15) is 0 Å². The quantitative estimate of drug-likeness (QED) is 0.319. The van der Waals surface area contributed by atoms with Gasteiger partial charge in [-0.15, -0.1) is 0 Å². The van der Waals surface area contributed by atoms with Gasteiger partial charge in [0.05, 0.1) is 11.8 Å². The van der Waals surface area contributed by atoms with Gasteiger partial charge in [-0.2, -0.15) is 0 Å². The number of hydrogen-bond donors (Lipinski definition) is 3. The van der Waals surface area contributed by atoms with Gasteiger partial charge in [0, 0.05) is 0 Å². The number of oxime groups is 1. The van der Waals surface area contributed by atoms with E-state index >= 15 is 0 Å². The van der Waals surface area contributed by atoms with Crippen molar-refractivity contribution in [2.75, 3.05) is 0 Å². The minimum absolute atomic E-state index is 0.106. The maximum absolute atomic E-state index is 9.06. The van der Waals surface area contributed by atoms with E-state index < -0.39 is 0 Å². The number of hydrogen-bond acceptors (Lipinski definition) is 4. The number of benzene rings is 1. The summed E-state index contributed by atoms with van der Waals surface area (Å²) in [7, 11) is 0. The molecule has 1 rings (SSSR count). The molecule has 0 fully saturated rings. The molecule has 4 heteroatoms. The Morgan fingerprint density at radius 3 is 2.18 bits per heavy atom. The van der Waals surface area contributed by atoms with Gasteiger partial charge in [-0.05, 0) is 12.1 Å². The summed E-state index contributed by atoms with van der Waals surface area (Å²) < 4.78 is 0. The molecule has 0 aliphatic heterocycles. The molecule has 0 radical (unpaired) electrons. The van der Waals surface area contributed by atoms with Crippen molar-refractivity contribution < 1.29 is 15.4 Å². The summed E-state index contributed by atoms with van der Waals surface area (Å²) in [6.45, 7) is 0. The second kappa shape index (κ2) is 2.92. The number of rotatable bonds is 1. The first-order valence-corrected chi connectivity index (χ1v) is 2.94. The van der Waals surface area contributed by atoms with E-state index in [1.54, 1.807) is 0 Å². The predicted octanol–water partition coefficient (Wildman–Crippen LogP) is 0.906. The van der Waals surface area contributed by atoms with Gasteiger partial charge in [0.25, 0.3) is 0 Å². The van der Waals surface area contributed by atoms with E-state index in [0.717, 1.165) is 6.21 Å². The summed E-state index contributed by atoms with van der Waals surface area (Å²) in [6.07, 6.45) is 0.963. The fourth-order valence-electron chi connectivity index (χ4n) is 0.731. The van der Waals surface area contributed by atoms with Gasteiger partial charge in [-0.25, -0.2) is 0 Å². The Labute approximate surface area is 63.0 Å². The predicted molar refractivity (Wildman–Crippen MR) is 39.2 cm³/mol. The standard InChI is InChI=1S/C7H7NO3/c9-6-2-1-3-7(10)5(6)4-8-11/h1-4,9-11H/b8-4+. The first kappa shape index (κ1) is 7.40. The van der Waals surface area contributed by atoms with Crippen LogP contribution in [0, 0.1) is 0 Å². The second-order valence-corrected chi connectivity index (χ2v) is 1.95. The summed E-state index contributed by atoms with van der Waals surface area (Å²) in [5.74, 6) is -0.245. The first-order chi connectivity index (χ1) is 5.25. The van der Waals surface area contributed by atoms with Crippen molar-refractivity contribution in [1.29, 1.82) is 0 Å². The molecule has 0 saturated carbocycles. The summed E-state index contributed by atoms with van der Waals surface area (Å²) >= 11 is 0. The van der Waals surface area contributed by atoms with Crippen molar-refractivity contribution in [3.8, 4) is 11.5 Å². The lowest BCUT2D eigenvalue weighted by Gasteiger charge is -1.98. The van der Waals surface area contributed by atoms with Gasteiger partial charge < -0.3 is 15.4 Å². The molecule has 3 N–H and O–H groups in total. The van der Waals surface area contributed by atoms with E-state index in [-0.39, 0.29) is 17.1 Å². The Bertz CT molecular complexity index is 263. The molecule has 0 amide bonds. The molecule has 0 heterocycles. The highest BCUT2D eigenvalue weighted by Gasteiger charge is 2.02. The number of phenolic OH excluding ortho intramolecular Hbond substituents is 2. The summed E-state index contributed by atoms with van der Waals surface area (Å²) in [5, 5.41) is 28.9. The van der Waals surface area contributed by atoms with Crippen LogP contribution in [0.1, 0.15) is 5.56 Å². The summed E-state index contributed by atoms with van der Waals surface area (Å²) in [6, 6.07) is 4.26. The van der Waals surface area contributed by atoms with Crippen molar-refractivity contribution in [3.05, 3.63) is 23.8 Å². The third-order valence-corrected chi connectivity index (χ3v) is 1.25. The number of nitrogens with zero attached hydrogens (tertiary/aromatic N) is 1. The number of aromatic hydroxyl groups is 2. The van der Waals surface area contributed by atoms with Gasteiger partial charge in [-0.3, -0.25) is 0 Å². The molecule has 4 nitrogen and oxygen atoms in total. The fraction of sp³-hybridized carbons (Fsp3) is 0. The summed E-state index contributed by atoms with van der Waals surface area (Å²) in [5.41, 5.74) is 0.106. The van der Waals surface area contributed by atoms with Gasteiger partial charge in [0.15, 0.2) is 0 Å². The largest absolute Gasteiger partial charge is 0.507 e. The van der Waals surface area contributed by atoms with Crippen LogP contribution in [0.2, 0.25) is 0 Å². The van der Waals surface area contributed by atoms with Crippen LogP contribution in [0.15, 0.2) is 23.4 Å². The van der Waals surface area contributed by atoms with Crippen LogP contribution in [0.5, 0.6) is 11.5 Å². The second-order valence-electron chi connectivity index (χ2n) is 1.95. The molecule has 58 valence electrons. The van der Waals surface area contributed by atoms with Crippen LogP contribution in [0.25, 0.3) is 0 Å². The maximum atomic E-state index is 9.06. The van der Waals surface area contributed by atoms with E-state index in [1.165, 1.54) is 18.2 Å². The lowest BCUT2D eigenvalue weighted by molar-refractivity contribution is 0.321. The Hall–Kier alpha value is -1.71. The van der Waals surface area contributed by atoms with Gasteiger partial charge >= 0.3 is 0 Å². The Kier molecular flexibility index (Phi) is 1.96. The van der Waals surface area contributed by atoms with Gasteiger partial charge in [-0.1, -0.05) is 11.2 Å². The van der Waals surface area contributed by atoms with Crippen LogP contribution < -0.4 is 0 Å². The van der Waals surface area contributed by atoms with Gasteiger partial charge in [0.2, 0.25) is 0 Å². The average Bonchev–Trinajstić information content (AvgIpc) is 1.97. The minimum atomic E-state index is -0.122. The minimum Gasteiger partial charge on any atom is -0.507 e. The first-order valence-electron chi connectivity index (χ1n) is 2.94. The van der Waals surface area contributed by atoms with Crippen LogP contribution in [-0.4, -0.2) is 21.6 Å². The lowest BCUT2D eigenvalue weighted by atomic mass is 10.2. The highest BCUT2D eigenvalue weighted by atomic mass is 16.4. The molecule has 0 spiro atoms.